The van der Waals surface area contributed by atoms with E-state index in [1.807, 2.05) is 0 Å². The third-order valence-electron chi connectivity index (χ3n) is 2.72. The standard InChI is InChI=1S/C13H11Cl2N5O4/c1-2-24-13-10(20(22)23)11(16-6-17-13)18-19-12(21)8-4-3-7(14)5-9(8)15/h3-6H,2H2,1H3,(H,19,21)(H,16,17,18). The van der Waals surface area contributed by atoms with Crippen molar-refractivity contribution in [3.8, 4) is 5.88 Å². The van der Waals surface area contributed by atoms with E-state index in [9.17, 15) is 14.9 Å². The van der Waals surface area contributed by atoms with Gasteiger partial charge in [0.25, 0.3) is 11.8 Å². The summed E-state index contributed by atoms with van der Waals surface area (Å²) in [4.78, 5) is 30.0. The van der Waals surface area contributed by atoms with Gasteiger partial charge in [0.2, 0.25) is 5.82 Å². The number of hydrazine groups is 1. The molecular weight excluding hydrogens is 361 g/mol. The van der Waals surface area contributed by atoms with Gasteiger partial charge in [-0.05, 0) is 25.1 Å². The minimum Gasteiger partial charge on any atom is -0.473 e. The van der Waals surface area contributed by atoms with Gasteiger partial charge in [0.05, 0.1) is 22.1 Å². The van der Waals surface area contributed by atoms with Crippen molar-refractivity contribution in [2.24, 2.45) is 0 Å². The summed E-state index contributed by atoms with van der Waals surface area (Å²) < 4.78 is 5.08. The first-order chi connectivity index (χ1) is 11.4. The quantitative estimate of drug-likeness (QED) is 0.591. The largest absolute Gasteiger partial charge is 0.473 e. The summed E-state index contributed by atoms with van der Waals surface area (Å²) in [5.41, 5.74) is 4.28. The number of rotatable bonds is 6. The average molecular weight is 372 g/mol. The van der Waals surface area contributed by atoms with Crippen LogP contribution in [0.2, 0.25) is 10.0 Å². The van der Waals surface area contributed by atoms with E-state index in [0.717, 1.165) is 6.33 Å². The molecule has 1 amide bonds. The van der Waals surface area contributed by atoms with Gasteiger partial charge in [-0.25, -0.2) is 4.98 Å². The van der Waals surface area contributed by atoms with Crippen molar-refractivity contribution in [2.45, 2.75) is 6.92 Å². The fourth-order valence-electron chi connectivity index (χ4n) is 1.72. The molecule has 2 N–H and O–H groups in total. The van der Waals surface area contributed by atoms with E-state index in [0.29, 0.717) is 5.02 Å². The number of hydrogen-bond acceptors (Lipinski definition) is 7. The summed E-state index contributed by atoms with van der Waals surface area (Å²) in [7, 11) is 0. The third-order valence-corrected chi connectivity index (χ3v) is 3.27. The minimum absolute atomic E-state index is 0.133. The molecule has 0 saturated carbocycles. The molecule has 0 aliphatic rings. The van der Waals surface area contributed by atoms with Crippen LogP contribution in [0.15, 0.2) is 24.5 Å². The molecule has 0 spiro atoms. The van der Waals surface area contributed by atoms with Crippen LogP contribution in [0.4, 0.5) is 11.5 Å². The van der Waals surface area contributed by atoms with Gasteiger partial charge in [-0.15, -0.1) is 0 Å². The molecule has 0 radical (unpaired) electrons. The second-order valence-corrected chi connectivity index (χ2v) is 5.11. The van der Waals surface area contributed by atoms with Crippen LogP contribution in [0.3, 0.4) is 0 Å². The van der Waals surface area contributed by atoms with Crippen molar-refractivity contribution in [1.82, 2.24) is 15.4 Å². The predicted octanol–water partition coefficient (Wildman–Crippen LogP) is 2.85. The van der Waals surface area contributed by atoms with Crippen LogP contribution in [-0.2, 0) is 0 Å². The molecule has 1 heterocycles. The molecule has 9 nitrogen and oxygen atoms in total. The monoisotopic (exact) mass is 371 g/mol. The molecule has 1 aromatic carbocycles. The molecule has 24 heavy (non-hydrogen) atoms. The van der Waals surface area contributed by atoms with Crippen LogP contribution >= 0.6 is 23.2 Å². The number of aromatic nitrogens is 2. The average Bonchev–Trinajstić information content (AvgIpc) is 2.52. The van der Waals surface area contributed by atoms with E-state index < -0.39 is 16.5 Å². The van der Waals surface area contributed by atoms with Gasteiger partial charge in [0.15, 0.2) is 0 Å². The van der Waals surface area contributed by atoms with Crippen molar-refractivity contribution in [1.29, 1.82) is 0 Å². The van der Waals surface area contributed by atoms with Crippen molar-refractivity contribution in [3.63, 3.8) is 0 Å². The Morgan fingerprint density at radius 2 is 2.12 bits per heavy atom. The van der Waals surface area contributed by atoms with E-state index in [2.05, 4.69) is 20.8 Å². The molecule has 0 bridgehead atoms. The van der Waals surface area contributed by atoms with Gasteiger partial charge in [0, 0.05) is 5.02 Å². The van der Waals surface area contributed by atoms with E-state index in [-0.39, 0.29) is 28.9 Å². The lowest BCUT2D eigenvalue weighted by Gasteiger charge is -2.10. The first kappa shape index (κ1) is 17.7. The summed E-state index contributed by atoms with van der Waals surface area (Å²) in [5.74, 6) is -1.06. The van der Waals surface area contributed by atoms with Crippen LogP contribution in [0.25, 0.3) is 0 Å². The zero-order chi connectivity index (χ0) is 17.7. The molecule has 0 saturated heterocycles. The highest BCUT2D eigenvalue weighted by atomic mass is 35.5. The number of nitrogens with zero attached hydrogens (tertiary/aromatic N) is 3. The molecule has 2 rings (SSSR count). The van der Waals surface area contributed by atoms with E-state index >= 15 is 0 Å². The highest BCUT2D eigenvalue weighted by Crippen LogP contribution is 2.30. The molecule has 11 heteroatoms. The normalized spacial score (nSPS) is 10.1. The number of ether oxygens (including phenoxy) is 1. The third kappa shape index (κ3) is 4.00. The lowest BCUT2D eigenvalue weighted by molar-refractivity contribution is -0.385. The zero-order valence-electron chi connectivity index (χ0n) is 12.2. The highest BCUT2D eigenvalue weighted by molar-refractivity contribution is 6.36. The van der Waals surface area contributed by atoms with Crippen molar-refractivity contribution >= 4 is 40.6 Å². The van der Waals surface area contributed by atoms with Gasteiger partial charge in [-0.2, -0.15) is 4.98 Å². The number of carbonyl (C=O) groups excluding carboxylic acids is 1. The van der Waals surface area contributed by atoms with Crippen LogP contribution in [0.5, 0.6) is 5.88 Å². The van der Waals surface area contributed by atoms with Crippen molar-refractivity contribution in [3.05, 3.63) is 50.2 Å². The Bertz CT molecular complexity index is 787. The molecule has 0 fully saturated rings. The number of nitrogens with one attached hydrogen (secondary N) is 2. The molecule has 0 atom stereocenters. The van der Waals surface area contributed by atoms with E-state index in [4.69, 9.17) is 27.9 Å². The molecular formula is C13H11Cl2N5O4. The first-order valence-corrected chi connectivity index (χ1v) is 7.33. The Hall–Kier alpha value is -2.65. The van der Waals surface area contributed by atoms with E-state index in [1.54, 1.807) is 6.92 Å². The van der Waals surface area contributed by atoms with Gasteiger partial charge >= 0.3 is 5.69 Å². The molecule has 0 aliphatic heterocycles. The van der Waals surface area contributed by atoms with Crippen LogP contribution < -0.4 is 15.6 Å². The Labute approximate surface area is 146 Å². The maximum atomic E-state index is 12.1. The highest BCUT2D eigenvalue weighted by Gasteiger charge is 2.25. The second-order valence-electron chi connectivity index (χ2n) is 4.27. The van der Waals surface area contributed by atoms with Crippen molar-refractivity contribution < 1.29 is 14.5 Å². The number of hydrogen-bond donors (Lipinski definition) is 2. The number of carbonyl (C=O) groups is 1. The number of amides is 1. The molecule has 0 aliphatic carbocycles. The minimum atomic E-state index is -0.714. The van der Waals surface area contributed by atoms with E-state index in [1.165, 1.54) is 18.2 Å². The SMILES string of the molecule is CCOc1ncnc(NNC(=O)c2ccc(Cl)cc2Cl)c1[N+](=O)[O-]. The summed E-state index contributed by atoms with van der Waals surface area (Å²) in [6, 6.07) is 4.31. The Balaban J connectivity index is 2.21. The number of nitro groups is 1. The van der Waals surface area contributed by atoms with Gasteiger partial charge in [-0.1, -0.05) is 23.2 Å². The number of anilines is 1. The second kappa shape index (κ2) is 7.75. The van der Waals surface area contributed by atoms with Gasteiger partial charge < -0.3 is 4.74 Å². The van der Waals surface area contributed by atoms with Gasteiger partial charge in [-0.3, -0.25) is 25.8 Å². The Morgan fingerprint density at radius 1 is 1.38 bits per heavy atom. The fraction of sp³-hybridized carbons (Fsp3) is 0.154. The lowest BCUT2D eigenvalue weighted by Crippen LogP contribution is -2.30. The summed E-state index contributed by atoms with van der Waals surface area (Å²) in [6.07, 6.45) is 1.07. The van der Waals surface area contributed by atoms with Gasteiger partial charge in [0.1, 0.15) is 6.33 Å². The van der Waals surface area contributed by atoms with Crippen molar-refractivity contribution in [2.75, 3.05) is 12.0 Å². The maximum Gasteiger partial charge on any atom is 0.374 e. The topological polar surface area (TPSA) is 119 Å². The van der Waals surface area contributed by atoms with Crippen LogP contribution in [0, 0.1) is 10.1 Å². The molecule has 2 aromatic rings. The molecule has 126 valence electrons. The number of halogens is 2. The smallest absolute Gasteiger partial charge is 0.374 e. The zero-order valence-corrected chi connectivity index (χ0v) is 13.8. The molecule has 0 unspecified atom stereocenters. The van der Waals surface area contributed by atoms with Crippen LogP contribution in [-0.4, -0.2) is 27.4 Å². The van der Waals surface area contributed by atoms with Crippen LogP contribution in [0.1, 0.15) is 17.3 Å². The first-order valence-electron chi connectivity index (χ1n) is 6.57. The number of benzene rings is 1. The Kier molecular flexibility index (Phi) is 5.72. The summed E-state index contributed by atoms with van der Waals surface area (Å²) in [5, 5.41) is 11.7. The summed E-state index contributed by atoms with van der Waals surface area (Å²) in [6.45, 7) is 1.84. The maximum absolute atomic E-state index is 12.1. The Morgan fingerprint density at radius 3 is 2.75 bits per heavy atom. The summed E-state index contributed by atoms with van der Waals surface area (Å²) >= 11 is 11.7. The molecule has 1 aromatic heterocycles. The predicted molar refractivity (Wildman–Crippen MR) is 87.4 cm³/mol. The fourth-order valence-corrected chi connectivity index (χ4v) is 2.21. The lowest BCUT2D eigenvalue weighted by atomic mass is 10.2.